The number of carbonyl (C=O) groups is 1. The second kappa shape index (κ2) is 5.64. The van der Waals surface area contributed by atoms with Crippen LogP contribution in [0.1, 0.15) is 33.9 Å². The maximum atomic E-state index is 12.8. The van der Waals surface area contributed by atoms with Gasteiger partial charge in [0, 0.05) is 30.6 Å². The van der Waals surface area contributed by atoms with Crippen LogP contribution in [0.3, 0.4) is 0 Å². The van der Waals surface area contributed by atoms with Crippen LogP contribution in [0.4, 0.5) is 0 Å². The second-order valence-electron chi connectivity index (χ2n) is 6.60. The van der Waals surface area contributed by atoms with Gasteiger partial charge >= 0.3 is 0 Å². The molecule has 25 heavy (non-hydrogen) atoms. The molecule has 1 N–H and O–H groups in total. The molecule has 5 rings (SSSR count). The van der Waals surface area contributed by atoms with E-state index in [0.29, 0.717) is 24.6 Å². The zero-order valence-electron chi connectivity index (χ0n) is 13.7. The van der Waals surface area contributed by atoms with Crippen LogP contribution in [0, 0.1) is 0 Å². The zero-order chi connectivity index (χ0) is 16.9. The molecule has 0 saturated carbocycles. The van der Waals surface area contributed by atoms with Crippen LogP contribution < -0.4 is 0 Å². The highest BCUT2D eigenvalue weighted by atomic mass is 32.1. The molecule has 1 spiro atoms. The Morgan fingerprint density at radius 1 is 1.32 bits per heavy atom. The molecule has 0 aliphatic carbocycles. The van der Waals surface area contributed by atoms with Gasteiger partial charge in [0.15, 0.2) is 11.5 Å². The maximum Gasteiger partial charge on any atom is 0.289 e. The van der Waals surface area contributed by atoms with Crippen molar-refractivity contribution in [3.8, 4) is 0 Å². The van der Waals surface area contributed by atoms with E-state index >= 15 is 0 Å². The fourth-order valence-electron chi connectivity index (χ4n) is 3.94. The highest BCUT2D eigenvalue weighted by Gasteiger charge is 2.42. The van der Waals surface area contributed by atoms with E-state index in [1.54, 1.807) is 6.20 Å². The van der Waals surface area contributed by atoms with E-state index in [9.17, 15) is 4.79 Å². The van der Waals surface area contributed by atoms with E-state index in [1.165, 1.54) is 10.4 Å². The molecule has 1 fully saturated rings. The van der Waals surface area contributed by atoms with Gasteiger partial charge in [-0.2, -0.15) is 0 Å². The highest BCUT2D eigenvalue weighted by molar-refractivity contribution is 7.10. The van der Waals surface area contributed by atoms with Crippen LogP contribution in [0.15, 0.2) is 29.8 Å². The lowest BCUT2D eigenvalue weighted by atomic mass is 9.82. The number of imidazole rings is 1. The van der Waals surface area contributed by atoms with Crippen molar-refractivity contribution in [2.24, 2.45) is 0 Å². The van der Waals surface area contributed by atoms with Gasteiger partial charge in [0.05, 0.1) is 17.7 Å². The van der Waals surface area contributed by atoms with E-state index in [-0.39, 0.29) is 11.5 Å². The molecule has 2 aliphatic rings. The lowest BCUT2D eigenvalue weighted by Crippen LogP contribution is -2.48. The van der Waals surface area contributed by atoms with Gasteiger partial charge in [0.25, 0.3) is 5.91 Å². The molecule has 7 heteroatoms. The predicted octanol–water partition coefficient (Wildman–Crippen LogP) is 2.72. The highest BCUT2D eigenvalue weighted by Crippen LogP contribution is 2.43. The first-order valence-electron chi connectivity index (χ1n) is 8.56. The number of rotatable bonds is 1. The third-order valence-electron chi connectivity index (χ3n) is 5.26. The summed E-state index contributed by atoms with van der Waals surface area (Å²) < 4.78 is 6.21. The summed E-state index contributed by atoms with van der Waals surface area (Å²) in [5.41, 5.74) is 2.50. The van der Waals surface area contributed by atoms with Gasteiger partial charge in [-0.25, -0.2) is 9.97 Å². The monoisotopic (exact) mass is 354 g/mol. The molecule has 128 valence electrons. The Hall–Kier alpha value is -2.25. The Balaban J connectivity index is 1.36. The van der Waals surface area contributed by atoms with Crippen molar-refractivity contribution in [2.75, 3.05) is 19.7 Å². The number of nitrogens with zero attached hydrogens (tertiary/aromatic N) is 3. The van der Waals surface area contributed by atoms with Crippen molar-refractivity contribution in [1.29, 1.82) is 0 Å². The third kappa shape index (κ3) is 2.38. The molecule has 0 radical (unpaired) electrons. The predicted molar refractivity (Wildman–Crippen MR) is 94.7 cm³/mol. The fourth-order valence-corrected chi connectivity index (χ4v) is 4.89. The topological polar surface area (TPSA) is 71.1 Å². The van der Waals surface area contributed by atoms with Gasteiger partial charge in [0.1, 0.15) is 0 Å². The first kappa shape index (κ1) is 15.0. The number of aromatic nitrogens is 3. The summed E-state index contributed by atoms with van der Waals surface area (Å²) in [6.07, 6.45) is 4.35. The van der Waals surface area contributed by atoms with Gasteiger partial charge < -0.3 is 14.6 Å². The van der Waals surface area contributed by atoms with Crippen molar-refractivity contribution in [2.45, 2.75) is 24.9 Å². The summed E-state index contributed by atoms with van der Waals surface area (Å²) in [6.45, 7) is 2.13. The molecule has 0 bridgehead atoms. The molecule has 0 atom stereocenters. The SMILES string of the molecule is O=C(c1nc2ncccc2[nH]1)N1CCC2(CC1)OCCc1sccc12. The minimum absolute atomic E-state index is 0.0609. The standard InChI is InChI=1S/C18H18N4O2S/c23-17(16-20-13-2-1-7-19-15(13)21-16)22-8-5-18(6-9-22)12-4-11-25-14(12)3-10-24-18/h1-2,4,7,11H,3,5-6,8-10H2,(H,19,20,21). The number of nitrogens with one attached hydrogen (secondary N) is 1. The van der Waals surface area contributed by atoms with Gasteiger partial charge in [-0.05, 0) is 42.0 Å². The molecule has 6 nitrogen and oxygen atoms in total. The van der Waals surface area contributed by atoms with Crippen LogP contribution in [0.25, 0.3) is 11.2 Å². The molecule has 1 saturated heterocycles. The molecule has 1 amide bonds. The number of piperidine rings is 1. The Labute approximate surface area is 148 Å². The molecular formula is C18H18N4O2S. The van der Waals surface area contributed by atoms with Crippen molar-refractivity contribution in [1.82, 2.24) is 19.9 Å². The summed E-state index contributed by atoms with van der Waals surface area (Å²) in [5.74, 6) is 0.305. The summed E-state index contributed by atoms with van der Waals surface area (Å²) in [6, 6.07) is 5.91. The Bertz CT molecular complexity index is 906. The van der Waals surface area contributed by atoms with E-state index in [2.05, 4.69) is 26.4 Å². The smallest absolute Gasteiger partial charge is 0.289 e. The Morgan fingerprint density at radius 2 is 2.20 bits per heavy atom. The zero-order valence-corrected chi connectivity index (χ0v) is 14.5. The second-order valence-corrected chi connectivity index (χ2v) is 7.60. The Morgan fingerprint density at radius 3 is 3.04 bits per heavy atom. The maximum absolute atomic E-state index is 12.8. The number of carbonyl (C=O) groups excluding carboxylic acids is 1. The average molecular weight is 354 g/mol. The molecule has 0 unspecified atom stereocenters. The normalized spacial score (nSPS) is 19.3. The molecule has 3 aromatic heterocycles. The number of hydrogen-bond acceptors (Lipinski definition) is 5. The number of aromatic amines is 1. The third-order valence-corrected chi connectivity index (χ3v) is 6.24. The molecule has 5 heterocycles. The van der Waals surface area contributed by atoms with Gasteiger partial charge in [-0.1, -0.05) is 0 Å². The number of hydrogen-bond donors (Lipinski definition) is 1. The van der Waals surface area contributed by atoms with Crippen molar-refractivity contribution >= 4 is 28.4 Å². The number of H-pyrrole nitrogens is 1. The van der Waals surface area contributed by atoms with Crippen molar-refractivity contribution < 1.29 is 9.53 Å². The summed E-state index contributed by atoms with van der Waals surface area (Å²) in [5, 5.41) is 2.15. The molecule has 3 aromatic rings. The first-order chi connectivity index (χ1) is 12.3. The summed E-state index contributed by atoms with van der Waals surface area (Å²) >= 11 is 1.82. The van der Waals surface area contributed by atoms with E-state index < -0.39 is 0 Å². The van der Waals surface area contributed by atoms with Crippen molar-refractivity contribution in [3.05, 3.63) is 46.0 Å². The number of thiophene rings is 1. The van der Waals surface area contributed by atoms with E-state index in [4.69, 9.17) is 4.74 Å². The molecule has 2 aliphatic heterocycles. The Kier molecular flexibility index (Phi) is 3.39. The minimum atomic E-state index is -0.209. The van der Waals surface area contributed by atoms with Crippen LogP contribution in [-0.4, -0.2) is 45.5 Å². The number of likely N-dealkylation sites (tertiary alicyclic amines) is 1. The average Bonchev–Trinajstić information content (AvgIpc) is 3.29. The summed E-state index contributed by atoms with van der Waals surface area (Å²) in [4.78, 5) is 27.7. The fraction of sp³-hybridized carbons (Fsp3) is 0.389. The first-order valence-corrected chi connectivity index (χ1v) is 9.44. The van der Waals surface area contributed by atoms with Gasteiger partial charge in [0.2, 0.25) is 0 Å². The molecular weight excluding hydrogens is 336 g/mol. The van der Waals surface area contributed by atoms with E-state index in [1.807, 2.05) is 28.4 Å². The van der Waals surface area contributed by atoms with Crippen LogP contribution in [0.2, 0.25) is 0 Å². The lowest BCUT2D eigenvalue weighted by molar-refractivity contribution is -0.0927. The van der Waals surface area contributed by atoms with Crippen molar-refractivity contribution in [3.63, 3.8) is 0 Å². The van der Waals surface area contributed by atoms with Gasteiger partial charge in [-0.15, -0.1) is 11.3 Å². The van der Waals surface area contributed by atoms with Crippen LogP contribution >= 0.6 is 11.3 Å². The van der Waals surface area contributed by atoms with Crippen LogP contribution in [0.5, 0.6) is 0 Å². The lowest BCUT2D eigenvalue weighted by Gasteiger charge is -2.43. The van der Waals surface area contributed by atoms with E-state index in [0.717, 1.165) is 31.4 Å². The molecule has 0 aromatic carbocycles. The van der Waals surface area contributed by atoms with Crippen LogP contribution in [-0.2, 0) is 16.8 Å². The number of ether oxygens (including phenoxy) is 1. The number of amides is 1. The number of pyridine rings is 1. The quantitative estimate of drug-likeness (QED) is 0.729. The summed E-state index contributed by atoms with van der Waals surface area (Å²) in [7, 11) is 0. The number of fused-ring (bicyclic) bond motifs is 3. The minimum Gasteiger partial charge on any atom is -0.370 e. The largest absolute Gasteiger partial charge is 0.370 e. The van der Waals surface area contributed by atoms with Gasteiger partial charge in [-0.3, -0.25) is 4.79 Å².